The van der Waals surface area contributed by atoms with Crippen LogP contribution in [-0.4, -0.2) is 35.9 Å². The van der Waals surface area contributed by atoms with Gasteiger partial charge in [-0.25, -0.2) is 4.79 Å². The lowest BCUT2D eigenvalue weighted by Crippen LogP contribution is -2.26. The Kier molecular flexibility index (Phi) is 9.93. The van der Waals surface area contributed by atoms with Crippen molar-refractivity contribution in [2.75, 3.05) is 24.6 Å². The smallest absolute Gasteiger partial charge is 0.335 e. The van der Waals surface area contributed by atoms with Crippen molar-refractivity contribution in [2.45, 2.75) is 52.9 Å². The maximum absolute atomic E-state index is 11.2. The van der Waals surface area contributed by atoms with Crippen LogP contribution in [0.3, 0.4) is 0 Å². The summed E-state index contributed by atoms with van der Waals surface area (Å²) < 4.78 is 0. The first-order chi connectivity index (χ1) is 16.2. The number of aryl methyl sites for hydroxylation is 1. The number of aromatic carboxylic acids is 1. The molecular weight excluding hydrogens is 458 g/mol. The highest BCUT2D eigenvalue weighted by Gasteiger charge is 2.22. The van der Waals surface area contributed by atoms with Gasteiger partial charge in [-0.15, -0.1) is 12.4 Å². The summed E-state index contributed by atoms with van der Waals surface area (Å²) in [5, 5.41) is 18.7. The van der Waals surface area contributed by atoms with Crippen molar-refractivity contribution in [1.82, 2.24) is 0 Å². The molecule has 0 aliphatic rings. The van der Waals surface area contributed by atoms with Gasteiger partial charge in [0, 0.05) is 25.4 Å². The number of halogens is 1. The molecule has 2 N–H and O–H groups in total. The third-order valence-electron chi connectivity index (χ3n) is 6.40. The van der Waals surface area contributed by atoms with E-state index in [4.69, 9.17) is 0 Å². The van der Waals surface area contributed by atoms with E-state index in [-0.39, 0.29) is 30.0 Å². The molecule has 5 heteroatoms. The molecule has 0 unspecified atom stereocenters. The van der Waals surface area contributed by atoms with Crippen molar-refractivity contribution in [3.8, 4) is 22.3 Å². The van der Waals surface area contributed by atoms with Gasteiger partial charge in [-0.2, -0.15) is 0 Å². The van der Waals surface area contributed by atoms with Gasteiger partial charge in [0.05, 0.1) is 5.56 Å². The van der Waals surface area contributed by atoms with Crippen molar-refractivity contribution < 1.29 is 15.0 Å². The molecule has 0 amide bonds. The van der Waals surface area contributed by atoms with E-state index in [1.807, 2.05) is 12.1 Å². The monoisotopic (exact) mass is 495 g/mol. The predicted molar refractivity (Wildman–Crippen MR) is 149 cm³/mol. The number of carbonyl (C=O) groups is 1. The molecule has 0 spiro atoms. The Balaban J connectivity index is 0.00000432. The van der Waals surface area contributed by atoms with Crippen LogP contribution in [-0.2, 0) is 11.8 Å². The van der Waals surface area contributed by atoms with E-state index in [0.717, 1.165) is 41.8 Å². The van der Waals surface area contributed by atoms with Crippen LogP contribution in [0.15, 0.2) is 60.7 Å². The Morgan fingerprint density at radius 3 is 2.00 bits per heavy atom. The van der Waals surface area contributed by atoms with Crippen molar-refractivity contribution in [2.24, 2.45) is 0 Å². The molecule has 35 heavy (non-hydrogen) atoms. The summed E-state index contributed by atoms with van der Waals surface area (Å²) in [7, 11) is 0. The summed E-state index contributed by atoms with van der Waals surface area (Å²) >= 11 is 0. The first kappa shape index (κ1) is 28.4. The second-order valence-electron chi connectivity index (χ2n) is 9.74. The molecule has 0 atom stereocenters. The Hall–Kier alpha value is -2.82. The standard InChI is InChI=1S/C30H37NO3.ClH/c1-6-31(7-2)28-17-16-25(20-27(28)30(3,4)5)26-19-24(15-12-22(26)9-8-18-32)21-10-13-23(14-11-21)29(33)34;/h10-17,19-20,32H,6-9,18H2,1-5H3,(H,33,34);1H. The zero-order chi connectivity index (χ0) is 24.9. The second-order valence-corrected chi connectivity index (χ2v) is 9.74. The van der Waals surface area contributed by atoms with Crippen LogP contribution in [0, 0.1) is 0 Å². The number of carboxylic acids is 1. The van der Waals surface area contributed by atoms with Gasteiger partial charge >= 0.3 is 5.97 Å². The van der Waals surface area contributed by atoms with Gasteiger partial charge < -0.3 is 15.1 Å². The molecule has 3 aromatic rings. The highest BCUT2D eigenvalue weighted by Crippen LogP contribution is 2.38. The fourth-order valence-corrected chi connectivity index (χ4v) is 4.46. The van der Waals surface area contributed by atoms with E-state index in [1.165, 1.54) is 16.8 Å². The van der Waals surface area contributed by atoms with Gasteiger partial charge in [0.25, 0.3) is 0 Å². The lowest BCUT2D eigenvalue weighted by atomic mass is 9.82. The van der Waals surface area contributed by atoms with Crippen molar-refractivity contribution in [3.63, 3.8) is 0 Å². The van der Waals surface area contributed by atoms with E-state index in [9.17, 15) is 15.0 Å². The van der Waals surface area contributed by atoms with Crippen molar-refractivity contribution >= 4 is 24.1 Å². The van der Waals surface area contributed by atoms with Gasteiger partial charge in [-0.1, -0.05) is 51.1 Å². The molecule has 0 fully saturated rings. The molecule has 0 aliphatic carbocycles. The van der Waals surface area contributed by atoms with Gasteiger partial charge in [-0.3, -0.25) is 0 Å². The average molecular weight is 496 g/mol. The minimum atomic E-state index is -0.922. The number of rotatable bonds is 9. The third kappa shape index (κ3) is 6.65. The molecule has 0 aliphatic heterocycles. The van der Waals surface area contributed by atoms with Gasteiger partial charge in [0.2, 0.25) is 0 Å². The zero-order valence-electron chi connectivity index (χ0n) is 21.5. The first-order valence-corrected chi connectivity index (χ1v) is 12.2. The topological polar surface area (TPSA) is 60.8 Å². The molecular formula is C30H38ClNO3. The van der Waals surface area contributed by atoms with E-state index in [2.05, 4.69) is 75.9 Å². The lowest BCUT2D eigenvalue weighted by molar-refractivity contribution is 0.0697. The Morgan fingerprint density at radius 1 is 0.857 bits per heavy atom. The molecule has 0 aromatic heterocycles. The van der Waals surface area contributed by atoms with E-state index in [0.29, 0.717) is 6.42 Å². The number of aliphatic hydroxyl groups excluding tert-OH is 1. The Labute approximate surface area is 216 Å². The van der Waals surface area contributed by atoms with Crippen LogP contribution >= 0.6 is 12.4 Å². The van der Waals surface area contributed by atoms with Crippen molar-refractivity contribution in [1.29, 1.82) is 0 Å². The lowest BCUT2D eigenvalue weighted by Gasteiger charge is -2.31. The van der Waals surface area contributed by atoms with E-state index < -0.39 is 5.97 Å². The predicted octanol–water partition coefficient (Wildman–Crippen LogP) is 7.21. The number of benzene rings is 3. The normalized spacial score (nSPS) is 11.1. The Bertz CT molecular complexity index is 1130. The summed E-state index contributed by atoms with van der Waals surface area (Å²) in [5.74, 6) is -0.922. The highest BCUT2D eigenvalue weighted by molar-refractivity contribution is 5.88. The van der Waals surface area contributed by atoms with Gasteiger partial charge in [0.15, 0.2) is 0 Å². The SMILES string of the molecule is CCN(CC)c1ccc(-c2cc(-c3ccc(C(=O)O)cc3)ccc2CCCO)cc1C(C)(C)C.Cl. The highest BCUT2D eigenvalue weighted by atomic mass is 35.5. The number of hydrogen-bond donors (Lipinski definition) is 2. The van der Waals surface area contributed by atoms with Crippen LogP contribution < -0.4 is 4.90 Å². The minimum Gasteiger partial charge on any atom is -0.478 e. The second kappa shape index (κ2) is 12.2. The third-order valence-corrected chi connectivity index (χ3v) is 6.40. The quantitative estimate of drug-likeness (QED) is 0.329. The fraction of sp³-hybridized carbons (Fsp3) is 0.367. The molecule has 0 saturated carbocycles. The number of nitrogens with zero attached hydrogens (tertiary/aromatic N) is 1. The van der Waals surface area contributed by atoms with Crippen LogP contribution in [0.25, 0.3) is 22.3 Å². The van der Waals surface area contributed by atoms with E-state index >= 15 is 0 Å². The summed E-state index contributed by atoms with van der Waals surface area (Å²) in [4.78, 5) is 13.6. The zero-order valence-corrected chi connectivity index (χ0v) is 22.3. The molecule has 188 valence electrons. The van der Waals surface area contributed by atoms with Crippen LogP contribution in [0.2, 0.25) is 0 Å². The number of anilines is 1. The largest absolute Gasteiger partial charge is 0.478 e. The van der Waals surface area contributed by atoms with Gasteiger partial charge in [-0.05, 0) is 95.8 Å². The average Bonchev–Trinajstić information content (AvgIpc) is 2.83. The first-order valence-electron chi connectivity index (χ1n) is 12.2. The summed E-state index contributed by atoms with van der Waals surface area (Å²) in [6.45, 7) is 13.2. The number of aliphatic hydroxyl groups is 1. The van der Waals surface area contributed by atoms with E-state index in [1.54, 1.807) is 12.1 Å². The summed E-state index contributed by atoms with van der Waals surface area (Å²) in [5.41, 5.74) is 8.42. The fourth-order valence-electron chi connectivity index (χ4n) is 4.46. The molecule has 3 aromatic carbocycles. The van der Waals surface area contributed by atoms with Crippen LogP contribution in [0.4, 0.5) is 5.69 Å². The number of hydrogen-bond acceptors (Lipinski definition) is 3. The summed E-state index contributed by atoms with van der Waals surface area (Å²) in [6, 6.07) is 20.2. The van der Waals surface area contributed by atoms with Crippen LogP contribution in [0.1, 0.15) is 62.5 Å². The molecule has 0 heterocycles. The maximum atomic E-state index is 11.2. The molecule has 3 rings (SSSR count). The Morgan fingerprint density at radius 2 is 1.46 bits per heavy atom. The molecule has 0 radical (unpaired) electrons. The number of carboxylic acid groups (broad SMARTS) is 1. The minimum absolute atomic E-state index is 0. The maximum Gasteiger partial charge on any atom is 0.335 e. The van der Waals surface area contributed by atoms with Gasteiger partial charge in [0.1, 0.15) is 0 Å². The molecule has 4 nitrogen and oxygen atoms in total. The van der Waals surface area contributed by atoms with Crippen molar-refractivity contribution in [3.05, 3.63) is 77.4 Å². The molecule has 0 saturated heterocycles. The molecule has 0 bridgehead atoms. The summed E-state index contributed by atoms with van der Waals surface area (Å²) in [6.07, 6.45) is 1.51. The van der Waals surface area contributed by atoms with Crippen LogP contribution in [0.5, 0.6) is 0 Å².